The molecule has 0 aromatic heterocycles. The summed E-state index contributed by atoms with van der Waals surface area (Å²) in [6, 6.07) is 14.0. The fourth-order valence-electron chi connectivity index (χ4n) is 3.37. The first kappa shape index (κ1) is 19.7. The highest BCUT2D eigenvalue weighted by molar-refractivity contribution is 9.10. The number of halogens is 2. The number of nitrogens with zero attached hydrogens (tertiary/aromatic N) is 3. The van der Waals surface area contributed by atoms with Crippen LogP contribution >= 0.6 is 27.5 Å². The summed E-state index contributed by atoms with van der Waals surface area (Å²) in [5, 5.41) is 10.1. The van der Waals surface area contributed by atoms with Crippen LogP contribution in [-0.2, 0) is 12.8 Å². The van der Waals surface area contributed by atoms with Crippen molar-refractivity contribution in [2.75, 3.05) is 20.2 Å². The van der Waals surface area contributed by atoms with E-state index >= 15 is 0 Å². The van der Waals surface area contributed by atoms with E-state index in [0.717, 1.165) is 57.2 Å². The number of rotatable bonds is 6. The Morgan fingerprint density at radius 1 is 1.33 bits per heavy atom. The summed E-state index contributed by atoms with van der Waals surface area (Å²) in [5.41, 5.74) is 3.18. The Morgan fingerprint density at radius 2 is 2.15 bits per heavy atom. The highest BCUT2D eigenvalue weighted by atomic mass is 79.9. The lowest BCUT2D eigenvalue weighted by Gasteiger charge is -2.24. The third-order valence-corrected chi connectivity index (χ3v) is 5.62. The second-order valence-electron chi connectivity index (χ2n) is 6.43. The molecule has 2 aromatic carbocycles. The van der Waals surface area contributed by atoms with Gasteiger partial charge in [-0.25, -0.2) is 0 Å². The minimum atomic E-state index is -0.219. The van der Waals surface area contributed by atoms with Crippen molar-refractivity contribution in [3.63, 3.8) is 0 Å². The third-order valence-electron chi connectivity index (χ3n) is 4.78. The van der Waals surface area contributed by atoms with E-state index < -0.39 is 0 Å². The number of ether oxygens (including phenoxy) is 1. The molecule has 1 aliphatic heterocycles. The SMILES string of the molecule is COc1ccc(Br)cc1CCc1c(Cl)cccc1C1=NCCN1C(C)C#N. The maximum atomic E-state index is 9.33. The Kier molecular flexibility index (Phi) is 6.41. The summed E-state index contributed by atoms with van der Waals surface area (Å²) < 4.78 is 6.51. The van der Waals surface area contributed by atoms with Gasteiger partial charge in [-0.2, -0.15) is 5.26 Å². The first-order valence-electron chi connectivity index (χ1n) is 8.86. The zero-order valence-corrected chi connectivity index (χ0v) is 17.7. The van der Waals surface area contributed by atoms with Crippen molar-refractivity contribution in [3.05, 3.63) is 62.6 Å². The predicted octanol–water partition coefficient (Wildman–Crippen LogP) is 4.87. The molecular weight excluding hydrogens is 426 g/mol. The van der Waals surface area contributed by atoms with Crippen molar-refractivity contribution in [1.29, 1.82) is 5.26 Å². The summed E-state index contributed by atoms with van der Waals surface area (Å²) in [6.45, 7) is 3.36. The van der Waals surface area contributed by atoms with Gasteiger partial charge in [-0.1, -0.05) is 39.7 Å². The number of aliphatic imine (C=N–C) groups is 1. The summed E-state index contributed by atoms with van der Waals surface area (Å²) in [7, 11) is 1.68. The topological polar surface area (TPSA) is 48.6 Å². The Hall–Kier alpha value is -2.03. The molecule has 4 nitrogen and oxygen atoms in total. The van der Waals surface area contributed by atoms with Gasteiger partial charge in [0.05, 0.1) is 19.7 Å². The molecule has 0 bridgehead atoms. The van der Waals surface area contributed by atoms with Crippen LogP contribution in [0.2, 0.25) is 5.02 Å². The molecule has 0 saturated carbocycles. The highest BCUT2D eigenvalue weighted by Gasteiger charge is 2.25. The second-order valence-corrected chi connectivity index (χ2v) is 7.75. The van der Waals surface area contributed by atoms with Crippen LogP contribution in [0.3, 0.4) is 0 Å². The van der Waals surface area contributed by atoms with Crippen molar-refractivity contribution in [2.45, 2.75) is 25.8 Å². The maximum absolute atomic E-state index is 9.33. The molecule has 1 atom stereocenters. The molecular formula is C21H21BrClN3O. The Labute approximate surface area is 173 Å². The fraction of sp³-hybridized carbons (Fsp3) is 0.333. The van der Waals surface area contributed by atoms with Gasteiger partial charge >= 0.3 is 0 Å². The Bertz CT molecular complexity index is 907. The monoisotopic (exact) mass is 445 g/mol. The average Bonchev–Trinajstić information content (AvgIpc) is 3.16. The van der Waals surface area contributed by atoms with Gasteiger partial charge in [-0.3, -0.25) is 4.99 Å². The zero-order chi connectivity index (χ0) is 19.4. The van der Waals surface area contributed by atoms with Crippen LogP contribution in [0.15, 0.2) is 45.9 Å². The predicted molar refractivity (Wildman–Crippen MR) is 113 cm³/mol. The molecule has 2 aromatic rings. The molecule has 1 heterocycles. The van der Waals surface area contributed by atoms with Crippen LogP contribution in [0.25, 0.3) is 0 Å². The number of amidine groups is 1. The molecule has 0 radical (unpaired) electrons. The number of methoxy groups -OCH3 is 1. The van der Waals surface area contributed by atoms with Gasteiger partial charge in [0, 0.05) is 21.6 Å². The first-order valence-corrected chi connectivity index (χ1v) is 10.0. The van der Waals surface area contributed by atoms with Crippen molar-refractivity contribution in [1.82, 2.24) is 4.90 Å². The van der Waals surface area contributed by atoms with E-state index in [2.05, 4.69) is 38.0 Å². The molecule has 6 heteroatoms. The first-order chi connectivity index (χ1) is 13.0. The molecule has 1 unspecified atom stereocenters. The second kappa shape index (κ2) is 8.77. The third kappa shape index (κ3) is 4.28. The van der Waals surface area contributed by atoms with E-state index in [0.29, 0.717) is 6.54 Å². The molecule has 0 amide bonds. The quantitative estimate of drug-likeness (QED) is 0.636. The van der Waals surface area contributed by atoms with Gasteiger partial charge in [0.2, 0.25) is 0 Å². The van der Waals surface area contributed by atoms with Crippen molar-refractivity contribution >= 4 is 33.4 Å². The molecule has 0 aliphatic carbocycles. The van der Waals surface area contributed by atoms with E-state index in [1.54, 1.807) is 7.11 Å². The lowest BCUT2D eigenvalue weighted by molar-refractivity contribution is 0.409. The Morgan fingerprint density at radius 3 is 2.89 bits per heavy atom. The smallest absolute Gasteiger partial charge is 0.132 e. The minimum Gasteiger partial charge on any atom is -0.496 e. The summed E-state index contributed by atoms with van der Waals surface area (Å²) in [6.07, 6.45) is 1.55. The van der Waals surface area contributed by atoms with Crippen molar-refractivity contribution in [2.24, 2.45) is 4.99 Å². The maximum Gasteiger partial charge on any atom is 0.132 e. The highest BCUT2D eigenvalue weighted by Crippen LogP contribution is 2.29. The number of benzene rings is 2. The van der Waals surface area contributed by atoms with Crippen molar-refractivity contribution < 1.29 is 4.74 Å². The van der Waals surface area contributed by atoms with Gasteiger partial charge in [0.15, 0.2) is 0 Å². The molecule has 0 fully saturated rings. The summed E-state index contributed by atoms with van der Waals surface area (Å²) in [5.74, 6) is 1.73. The van der Waals surface area contributed by atoms with Gasteiger partial charge < -0.3 is 9.64 Å². The van der Waals surface area contributed by atoms with Crippen LogP contribution in [0, 0.1) is 11.3 Å². The Balaban J connectivity index is 1.91. The van der Waals surface area contributed by atoms with Gasteiger partial charge in [0.25, 0.3) is 0 Å². The molecule has 3 rings (SSSR count). The lowest BCUT2D eigenvalue weighted by Crippen LogP contribution is -2.36. The van der Waals surface area contributed by atoms with Gasteiger partial charge in [-0.05, 0) is 55.2 Å². The van der Waals surface area contributed by atoms with Crippen molar-refractivity contribution in [3.8, 4) is 11.8 Å². The van der Waals surface area contributed by atoms with Crippen LogP contribution in [0.5, 0.6) is 5.75 Å². The normalized spacial score (nSPS) is 14.6. The van der Waals surface area contributed by atoms with E-state index in [1.807, 2.05) is 37.3 Å². The average molecular weight is 447 g/mol. The molecule has 0 spiro atoms. The molecule has 140 valence electrons. The fourth-order valence-corrected chi connectivity index (χ4v) is 4.05. The largest absolute Gasteiger partial charge is 0.496 e. The van der Waals surface area contributed by atoms with Gasteiger partial charge in [0.1, 0.15) is 17.6 Å². The number of nitriles is 1. The van der Waals surface area contributed by atoms with E-state index in [-0.39, 0.29) is 6.04 Å². The van der Waals surface area contributed by atoms with Crippen LogP contribution in [0.1, 0.15) is 23.6 Å². The molecule has 0 saturated heterocycles. The van der Waals surface area contributed by atoms with E-state index in [4.69, 9.17) is 16.3 Å². The summed E-state index contributed by atoms with van der Waals surface area (Å²) in [4.78, 5) is 6.71. The van der Waals surface area contributed by atoms with Crippen LogP contribution in [0.4, 0.5) is 0 Å². The standard InChI is InChI=1S/C21H21BrClN3O/c1-14(13-24)26-11-10-25-21(26)18-4-3-5-19(23)17(18)8-6-15-12-16(22)7-9-20(15)27-2/h3-5,7,9,12,14H,6,8,10-11H2,1-2H3. The molecule has 27 heavy (non-hydrogen) atoms. The van der Waals surface area contributed by atoms with E-state index in [9.17, 15) is 5.26 Å². The van der Waals surface area contributed by atoms with E-state index in [1.165, 1.54) is 0 Å². The zero-order valence-electron chi connectivity index (χ0n) is 15.4. The van der Waals surface area contributed by atoms with Crippen LogP contribution in [-0.4, -0.2) is 37.0 Å². The lowest BCUT2D eigenvalue weighted by atomic mass is 9.98. The molecule has 0 N–H and O–H groups in total. The molecule has 1 aliphatic rings. The number of hydrogen-bond donors (Lipinski definition) is 0. The van der Waals surface area contributed by atoms with Crippen LogP contribution < -0.4 is 4.74 Å². The van der Waals surface area contributed by atoms with Gasteiger partial charge in [-0.15, -0.1) is 0 Å². The minimum absolute atomic E-state index is 0.219. The summed E-state index contributed by atoms with van der Waals surface area (Å²) >= 11 is 10.1. The number of aryl methyl sites for hydroxylation is 1. The number of hydrogen-bond acceptors (Lipinski definition) is 4.